The standard InChI is InChI=1S/C17H26N4O5S.ClH/c1-13-4-5-15(21(23)24)12-16(13)27(25,26)20-10-6-14(7-11-20)17(22)19-9-3-2-8-18;/h4-5,12,14H,2-3,6-11,18H2,1H3,(H,19,22);1H. The number of unbranched alkanes of at least 4 members (excludes halogenated alkanes) is 1. The van der Waals surface area contributed by atoms with Gasteiger partial charge in [-0.15, -0.1) is 12.4 Å². The quantitative estimate of drug-likeness (QED) is 0.362. The first-order valence-electron chi connectivity index (χ1n) is 9.00. The van der Waals surface area contributed by atoms with Crippen molar-refractivity contribution in [3.05, 3.63) is 33.9 Å². The number of non-ortho nitro benzene ring substituents is 1. The zero-order valence-corrected chi connectivity index (χ0v) is 17.4. The van der Waals surface area contributed by atoms with Gasteiger partial charge in [-0.05, 0) is 44.7 Å². The van der Waals surface area contributed by atoms with Gasteiger partial charge < -0.3 is 11.1 Å². The lowest BCUT2D eigenvalue weighted by atomic mass is 9.97. The fraction of sp³-hybridized carbons (Fsp3) is 0.588. The van der Waals surface area contributed by atoms with Crippen LogP contribution >= 0.6 is 12.4 Å². The van der Waals surface area contributed by atoms with E-state index in [0.29, 0.717) is 31.5 Å². The molecular weight excluding hydrogens is 408 g/mol. The molecule has 1 saturated heterocycles. The number of carbonyl (C=O) groups excluding carboxylic acids is 1. The van der Waals surface area contributed by atoms with Crippen LogP contribution in [0, 0.1) is 23.0 Å². The third kappa shape index (κ3) is 5.87. The predicted octanol–water partition coefficient (Wildman–Crippen LogP) is 1.58. The van der Waals surface area contributed by atoms with Gasteiger partial charge in [0.25, 0.3) is 5.69 Å². The number of nitrogens with two attached hydrogens (primary N) is 1. The number of piperidine rings is 1. The molecule has 0 unspecified atom stereocenters. The van der Waals surface area contributed by atoms with E-state index in [1.807, 2.05) is 0 Å². The number of hydrogen-bond acceptors (Lipinski definition) is 6. The van der Waals surface area contributed by atoms with Gasteiger partial charge in [0.1, 0.15) is 0 Å². The van der Waals surface area contributed by atoms with Crippen molar-refractivity contribution in [2.24, 2.45) is 11.7 Å². The van der Waals surface area contributed by atoms with Gasteiger partial charge in [0, 0.05) is 37.7 Å². The monoisotopic (exact) mass is 434 g/mol. The molecule has 0 radical (unpaired) electrons. The van der Waals surface area contributed by atoms with Gasteiger partial charge in [0.15, 0.2) is 0 Å². The molecular formula is C17H27ClN4O5S. The van der Waals surface area contributed by atoms with Crippen LogP contribution in [0.2, 0.25) is 0 Å². The Labute approximate surface area is 171 Å². The SMILES string of the molecule is Cc1ccc([N+](=O)[O-])cc1S(=O)(=O)N1CCC(C(=O)NCCCCN)CC1.Cl. The number of carbonyl (C=O) groups is 1. The maximum atomic E-state index is 12.9. The lowest BCUT2D eigenvalue weighted by molar-refractivity contribution is -0.385. The summed E-state index contributed by atoms with van der Waals surface area (Å²) in [5.74, 6) is -0.281. The van der Waals surface area contributed by atoms with Crippen LogP contribution in [-0.4, -0.2) is 49.7 Å². The zero-order valence-electron chi connectivity index (χ0n) is 15.8. The Bertz CT molecular complexity index is 795. The third-order valence-electron chi connectivity index (χ3n) is 4.76. The van der Waals surface area contributed by atoms with Crippen molar-refractivity contribution in [1.29, 1.82) is 0 Å². The molecule has 0 aromatic heterocycles. The van der Waals surface area contributed by atoms with Gasteiger partial charge in [-0.25, -0.2) is 8.42 Å². The molecule has 9 nitrogen and oxygen atoms in total. The number of nitrogens with one attached hydrogen (secondary N) is 1. The molecule has 1 aliphatic rings. The highest BCUT2D eigenvalue weighted by Gasteiger charge is 2.33. The number of nitrogens with zero attached hydrogens (tertiary/aromatic N) is 2. The van der Waals surface area contributed by atoms with Crippen molar-refractivity contribution in [3.8, 4) is 0 Å². The van der Waals surface area contributed by atoms with Gasteiger partial charge in [-0.3, -0.25) is 14.9 Å². The first-order chi connectivity index (χ1) is 12.8. The minimum atomic E-state index is -3.84. The van der Waals surface area contributed by atoms with E-state index in [2.05, 4.69) is 5.32 Å². The fourth-order valence-corrected chi connectivity index (χ4v) is 4.82. The van der Waals surface area contributed by atoms with Crippen LogP contribution in [0.25, 0.3) is 0 Å². The van der Waals surface area contributed by atoms with Crippen LogP contribution in [-0.2, 0) is 14.8 Å². The highest BCUT2D eigenvalue weighted by atomic mass is 35.5. The number of nitro groups is 1. The molecule has 1 amide bonds. The summed E-state index contributed by atoms with van der Waals surface area (Å²) in [4.78, 5) is 22.5. The molecule has 11 heteroatoms. The maximum absolute atomic E-state index is 12.9. The predicted molar refractivity (Wildman–Crippen MR) is 108 cm³/mol. The summed E-state index contributed by atoms with van der Waals surface area (Å²) in [5.41, 5.74) is 5.62. The minimum Gasteiger partial charge on any atom is -0.356 e. The molecule has 158 valence electrons. The van der Waals surface area contributed by atoms with E-state index in [0.717, 1.165) is 18.9 Å². The number of amides is 1. The van der Waals surface area contributed by atoms with Gasteiger partial charge in [0.2, 0.25) is 15.9 Å². The van der Waals surface area contributed by atoms with Gasteiger partial charge in [-0.1, -0.05) is 6.07 Å². The van der Waals surface area contributed by atoms with E-state index in [1.54, 1.807) is 6.92 Å². The summed E-state index contributed by atoms with van der Waals surface area (Å²) in [5, 5.41) is 13.8. The van der Waals surface area contributed by atoms with Crippen LogP contribution in [0.4, 0.5) is 5.69 Å². The zero-order chi connectivity index (χ0) is 20.0. The molecule has 28 heavy (non-hydrogen) atoms. The molecule has 0 aliphatic carbocycles. The number of sulfonamides is 1. The number of benzene rings is 1. The van der Waals surface area contributed by atoms with Crippen LogP contribution in [0.1, 0.15) is 31.2 Å². The van der Waals surface area contributed by atoms with Gasteiger partial charge >= 0.3 is 0 Å². The maximum Gasteiger partial charge on any atom is 0.270 e. The van der Waals surface area contributed by atoms with Crippen LogP contribution < -0.4 is 11.1 Å². The molecule has 2 rings (SSSR count). The summed E-state index contributed by atoms with van der Waals surface area (Å²) in [6.45, 7) is 3.19. The molecule has 1 fully saturated rings. The van der Waals surface area contributed by atoms with E-state index in [4.69, 9.17) is 5.73 Å². The molecule has 3 N–H and O–H groups in total. The third-order valence-corrected chi connectivity index (χ3v) is 6.80. The largest absolute Gasteiger partial charge is 0.356 e. The second-order valence-electron chi connectivity index (χ2n) is 6.67. The molecule has 0 bridgehead atoms. The average molecular weight is 435 g/mol. The number of aryl methyl sites for hydroxylation is 1. The molecule has 1 aliphatic heterocycles. The van der Waals surface area contributed by atoms with Crippen molar-refractivity contribution < 1.29 is 18.1 Å². The average Bonchev–Trinajstić information content (AvgIpc) is 2.65. The van der Waals surface area contributed by atoms with Crippen molar-refractivity contribution in [2.75, 3.05) is 26.2 Å². The highest BCUT2D eigenvalue weighted by Crippen LogP contribution is 2.28. The van der Waals surface area contributed by atoms with Crippen LogP contribution in [0.15, 0.2) is 23.1 Å². The molecule has 0 saturated carbocycles. The molecule has 1 aromatic carbocycles. The summed E-state index contributed by atoms with van der Waals surface area (Å²) in [7, 11) is -3.84. The normalized spacial score (nSPS) is 15.6. The Morgan fingerprint density at radius 2 is 1.96 bits per heavy atom. The Kier molecular flexibility index (Phi) is 9.28. The Hall–Kier alpha value is -1.75. The van der Waals surface area contributed by atoms with E-state index in [-0.39, 0.29) is 47.9 Å². The van der Waals surface area contributed by atoms with Gasteiger partial charge in [-0.2, -0.15) is 4.31 Å². The Balaban J connectivity index is 0.00000392. The topological polar surface area (TPSA) is 136 Å². The summed E-state index contributed by atoms with van der Waals surface area (Å²) in [6.07, 6.45) is 2.52. The van der Waals surface area contributed by atoms with E-state index >= 15 is 0 Å². The first-order valence-corrected chi connectivity index (χ1v) is 10.4. The second-order valence-corrected chi connectivity index (χ2v) is 8.58. The van der Waals surface area contributed by atoms with Crippen LogP contribution in [0.3, 0.4) is 0 Å². The number of halogens is 1. The molecule has 1 aromatic rings. The van der Waals surface area contributed by atoms with Crippen molar-refractivity contribution >= 4 is 34.0 Å². The summed E-state index contributed by atoms with van der Waals surface area (Å²) < 4.78 is 27.1. The lowest BCUT2D eigenvalue weighted by Crippen LogP contribution is -2.43. The number of nitro benzene ring substituents is 1. The lowest BCUT2D eigenvalue weighted by Gasteiger charge is -2.30. The summed E-state index contributed by atoms with van der Waals surface area (Å²) >= 11 is 0. The Morgan fingerprint density at radius 1 is 1.32 bits per heavy atom. The van der Waals surface area contributed by atoms with Crippen LogP contribution in [0.5, 0.6) is 0 Å². The first kappa shape index (κ1) is 24.3. The number of rotatable bonds is 8. The molecule has 0 atom stereocenters. The van der Waals surface area contributed by atoms with Gasteiger partial charge in [0.05, 0.1) is 9.82 Å². The molecule has 1 heterocycles. The van der Waals surface area contributed by atoms with Crippen molar-refractivity contribution in [3.63, 3.8) is 0 Å². The van der Waals surface area contributed by atoms with Crippen molar-refractivity contribution in [1.82, 2.24) is 9.62 Å². The number of hydrogen-bond donors (Lipinski definition) is 2. The van der Waals surface area contributed by atoms with E-state index in [1.165, 1.54) is 16.4 Å². The highest BCUT2D eigenvalue weighted by molar-refractivity contribution is 7.89. The summed E-state index contributed by atoms with van der Waals surface area (Å²) in [6, 6.07) is 3.82. The van der Waals surface area contributed by atoms with E-state index in [9.17, 15) is 23.3 Å². The van der Waals surface area contributed by atoms with Crippen molar-refractivity contribution in [2.45, 2.75) is 37.5 Å². The second kappa shape index (κ2) is 10.7. The Morgan fingerprint density at radius 3 is 2.54 bits per heavy atom. The molecule has 0 spiro atoms. The minimum absolute atomic E-state index is 0. The van der Waals surface area contributed by atoms with E-state index < -0.39 is 14.9 Å². The fourth-order valence-electron chi connectivity index (χ4n) is 3.10. The smallest absolute Gasteiger partial charge is 0.270 e.